The predicted octanol–water partition coefficient (Wildman–Crippen LogP) is 3.20. The van der Waals surface area contributed by atoms with Gasteiger partial charge in [0.25, 0.3) is 0 Å². The van der Waals surface area contributed by atoms with Crippen LogP contribution in [0.1, 0.15) is 34.3 Å². The van der Waals surface area contributed by atoms with Crippen molar-refractivity contribution in [2.45, 2.75) is 36.3 Å². The van der Waals surface area contributed by atoms with Gasteiger partial charge in [0, 0.05) is 21.8 Å². The second-order valence-electron chi connectivity index (χ2n) is 8.48. The highest BCUT2D eigenvalue weighted by atomic mass is 79.9. The molecule has 6 atom stereocenters. The third-order valence-electron chi connectivity index (χ3n) is 6.68. The number of carbonyl (C=O) groups excluding carboxylic acids is 4. The number of carbonyl (C=O) groups is 4. The van der Waals surface area contributed by atoms with Crippen LogP contribution in [0.3, 0.4) is 0 Å². The monoisotopic (exact) mass is 539 g/mol. The molecule has 2 aliphatic carbocycles. The molecule has 3 fully saturated rings. The fraction of sp³-hybridized carbons (Fsp3) is 0.545. The van der Waals surface area contributed by atoms with Crippen molar-refractivity contribution in [3.8, 4) is 0 Å². The van der Waals surface area contributed by atoms with Crippen molar-refractivity contribution in [3.05, 3.63) is 34.9 Å². The van der Waals surface area contributed by atoms with Crippen molar-refractivity contribution in [2.75, 3.05) is 13.2 Å². The summed E-state index contributed by atoms with van der Waals surface area (Å²) in [4.78, 5) is 51.8. The zero-order valence-corrected chi connectivity index (χ0v) is 19.9. The molecule has 3 aliphatic rings. The number of esters is 1. The number of alkyl halides is 2. The van der Waals surface area contributed by atoms with E-state index in [0.717, 1.165) is 17.5 Å². The van der Waals surface area contributed by atoms with Crippen molar-refractivity contribution in [3.63, 3.8) is 0 Å². The number of nitrogens with zero attached hydrogens (tertiary/aromatic N) is 1. The van der Waals surface area contributed by atoms with Crippen LogP contribution in [0.2, 0.25) is 0 Å². The maximum Gasteiger partial charge on any atom is 0.308 e. The van der Waals surface area contributed by atoms with E-state index >= 15 is 0 Å². The summed E-state index contributed by atoms with van der Waals surface area (Å²) in [5.74, 6) is -1.51. The highest BCUT2D eigenvalue weighted by Crippen LogP contribution is 2.60. The van der Waals surface area contributed by atoms with Gasteiger partial charge in [0.1, 0.15) is 0 Å². The van der Waals surface area contributed by atoms with Gasteiger partial charge in [-0.2, -0.15) is 0 Å². The normalized spacial score (nSPS) is 31.9. The minimum atomic E-state index is -0.592. The Labute approximate surface area is 192 Å². The van der Waals surface area contributed by atoms with Crippen LogP contribution < -0.4 is 0 Å². The van der Waals surface area contributed by atoms with Crippen LogP contribution in [0.4, 0.5) is 0 Å². The van der Waals surface area contributed by atoms with Crippen LogP contribution in [0.25, 0.3) is 0 Å². The highest BCUT2D eigenvalue weighted by Gasteiger charge is 2.66. The first-order chi connectivity index (χ1) is 14.2. The average Bonchev–Trinajstić information content (AvgIpc) is 3.31. The summed E-state index contributed by atoms with van der Waals surface area (Å²) in [6.45, 7) is 3.37. The van der Waals surface area contributed by atoms with E-state index in [1.54, 1.807) is 6.07 Å². The van der Waals surface area contributed by atoms with Gasteiger partial charge in [0.15, 0.2) is 6.61 Å². The summed E-state index contributed by atoms with van der Waals surface area (Å²) in [5, 5.41) is 0. The lowest BCUT2D eigenvalue weighted by atomic mass is 9.81. The molecule has 2 amide bonds. The van der Waals surface area contributed by atoms with Crippen LogP contribution in [-0.4, -0.2) is 51.3 Å². The van der Waals surface area contributed by atoms with Crippen molar-refractivity contribution in [1.29, 1.82) is 0 Å². The van der Waals surface area contributed by atoms with Crippen LogP contribution in [0.5, 0.6) is 0 Å². The molecular formula is C22H23Br2NO5. The number of rotatable bonds is 6. The van der Waals surface area contributed by atoms with Gasteiger partial charge in [-0.05, 0) is 43.7 Å². The number of likely N-dealkylation sites (tertiary alicyclic amines) is 1. The molecule has 2 saturated carbocycles. The third-order valence-corrected chi connectivity index (χ3v) is 9.88. The first-order valence-electron chi connectivity index (χ1n) is 10.1. The number of hydrogen-bond acceptors (Lipinski definition) is 5. The maximum absolute atomic E-state index is 12.8. The lowest BCUT2D eigenvalue weighted by molar-refractivity contribution is -0.145. The Morgan fingerprint density at radius 2 is 1.67 bits per heavy atom. The number of ketones is 1. The number of Topliss-reactive ketones (excluding diaryl/α,β-unsaturated/α-hetero) is 1. The Morgan fingerprint density at radius 3 is 2.27 bits per heavy atom. The molecule has 6 nitrogen and oxygen atoms in total. The van der Waals surface area contributed by atoms with Gasteiger partial charge in [0.2, 0.25) is 17.6 Å². The maximum atomic E-state index is 12.8. The molecule has 160 valence electrons. The van der Waals surface area contributed by atoms with E-state index in [-0.39, 0.29) is 70.5 Å². The van der Waals surface area contributed by atoms with Crippen molar-refractivity contribution in [1.82, 2.24) is 4.90 Å². The van der Waals surface area contributed by atoms with Gasteiger partial charge < -0.3 is 4.74 Å². The molecule has 1 aliphatic heterocycles. The molecule has 2 bridgehead atoms. The lowest BCUT2D eigenvalue weighted by Crippen LogP contribution is -2.37. The number of halogens is 2. The molecule has 8 heteroatoms. The van der Waals surface area contributed by atoms with Gasteiger partial charge in [-0.1, -0.05) is 49.6 Å². The number of hydrogen-bond donors (Lipinski definition) is 0. The van der Waals surface area contributed by atoms with Gasteiger partial charge in [-0.25, -0.2) is 0 Å². The van der Waals surface area contributed by atoms with Gasteiger partial charge in [-0.3, -0.25) is 24.1 Å². The Bertz CT molecular complexity index is 900. The van der Waals surface area contributed by atoms with E-state index in [1.807, 2.05) is 26.0 Å². The van der Waals surface area contributed by atoms with Gasteiger partial charge in [0.05, 0.1) is 18.3 Å². The standard InChI is InChI=1S/C22H23Br2NO5/c1-10-3-4-11(2)12(7-10)15(26)9-30-16(27)5-6-25-21(28)17-13-8-14(18(17)22(25)29)20(24)19(13)23/h3-4,7,13-14,17-20H,5-6,8-9H2,1-2H3/t13-,14-,17-,18+,19-,20+/m0/s1. The first-order valence-corrected chi connectivity index (χ1v) is 11.9. The second-order valence-corrected chi connectivity index (χ2v) is 10.6. The molecule has 0 radical (unpaired) electrons. The molecule has 0 N–H and O–H groups in total. The Morgan fingerprint density at radius 1 is 1.07 bits per heavy atom. The lowest BCUT2D eigenvalue weighted by Gasteiger charge is -2.28. The number of benzene rings is 1. The summed E-state index contributed by atoms with van der Waals surface area (Å²) < 4.78 is 5.11. The summed E-state index contributed by atoms with van der Waals surface area (Å²) in [6, 6.07) is 5.54. The minimum Gasteiger partial charge on any atom is -0.457 e. The molecule has 1 saturated heterocycles. The number of ether oxygens (including phenoxy) is 1. The SMILES string of the molecule is Cc1ccc(C)c(C(=O)COC(=O)CCN2C(=O)[C@@H]3[C@@H]4C[C@H]([C@H](Br)[C@@H]4Br)[C@@H]3C2=O)c1. The molecule has 0 spiro atoms. The van der Waals surface area contributed by atoms with Crippen molar-refractivity contribution >= 4 is 55.4 Å². The fourth-order valence-electron chi connectivity index (χ4n) is 5.17. The minimum absolute atomic E-state index is 0.000504. The van der Waals surface area contributed by atoms with E-state index in [9.17, 15) is 19.2 Å². The fourth-order valence-corrected chi connectivity index (χ4v) is 7.04. The largest absolute Gasteiger partial charge is 0.457 e. The van der Waals surface area contributed by atoms with Crippen LogP contribution in [0, 0.1) is 37.5 Å². The molecule has 1 aromatic carbocycles. The number of aryl methyl sites for hydroxylation is 2. The second kappa shape index (κ2) is 8.19. The predicted molar refractivity (Wildman–Crippen MR) is 117 cm³/mol. The molecule has 0 aromatic heterocycles. The summed E-state index contributed by atoms with van der Waals surface area (Å²) in [7, 11) is 0. The van der Waals surface area contributed by atoms with E-state index < -0.39 is 5.97 Å². The Hall–Kier alpha value is -1.54. The molecule has 1 aromatic rings. The van der Waals surface area contributed by atoms with Crippen LogP contribution in [0.15, 0.2) is 18.2 Å². The van der Waals surface area contributed by atoms with Gasteiger partial charge in [-0.15, -0.1) is 0 Å². The molecule has 1 heterocycles. The number of fused-ring (bicyclic) bond motifs is 5. The molecular weight excluding hydrogens is 518 g/mol. The van der Waals surface area contributed by atoms with Crippen molar-refractivity contribution in [2.24, 2.45) is 23.7 Å². The van der Waals surface area contributed by atoms with E-state index in [4.69, 9.17) is 4.74 Å². The topological polar surface area (TPSA) is 80.8 Å². The molecule has 4 rings (SSSR count). The van der Waals surface area contributed by atoms with Crippen LogP contribution >= 0.6 is 31.9 Å². The van der Waals surface area contributed by atoms with Gasteiger partial charge >= 0.3 is 5.97 Å². The van der Waals surface area contributed by atoms with E-state index in [1.165, 1.54) is 4.90 Å². The first kappa shape index (κ1) is 21.7. The Balaban J connectivity index is 1.31. The quantitative estimate of drug-likeness (QED) is 0.239. The average molecular weight is 541 g/mol. The van der Waals surface area contributed by atoms with Crippen molar-refractivity contribution < 1.29 is 23.9 Å². The number of imide groups is 1. The highest BCUT2D eigenvalue weighted by molar-refractivity contribution is 9.12. The Kier molecular flexibility index (Phi) is 5.92. The zero-order chi connectivity index (χ0) is 21.7. The summed E-state index contributed by atoms with van der Waals surface area (Å²) >= 11 is 7.31. The number of amides is 2. The van der Waals surface area contributed by atoms with Crippen LogP contribution in [-0.2, 0) is 19.1 Å². The molecule has 30 heavy (non-hydrogen) atoms. The zero-order valence-electron chi connectivity index (χ0n) is 16.8. The van der Waals surface area contributed by atoms with E-state index in [0.29, 0.717) is 5.56 Å². The smallest absolute Gasteiger partial charge is 0.308 e. The summed E-state index contributed by atoms with van der Waals surface area (Å²) in [5.41, 5.74) is 2.31. The summed E-state index contributed by atoms with van der Waals surface area (Å²) in [6.07, 6.45) is 0.761. The molecule has 0 unspecified atom stereocenters. The van der Waals surface area contributed by atoms with E-state index in [2.05, 4.69) is 31.9 Å². The third kappa shape index (κ3) is 3.55.